The third-order valence-electron chi connectivity index (χ3n) is 3.88. The van der Waals surface area contributed by atoms with Gasteiger partial charge in [0.25, 0.3) is 0 Å². The summed E-state index contributed by atoms with van der Waals surface area (Å²) in [6, 6.07) is 9.59. The van der Waals surface area contributed by atoms with Crippen molar-refractivity contribution in [3.05, 3.63) is 65.7 Å². The van der Waals surface area contributed by atoms with Crippen LogP contribution >= 0.6 is 11.6 Å². The second kappa shape index (κ2) is 5.14. The number of aryl methyl sites for hydroxylation is 1. The van der Waals surface area contributed by atoms with Gasteiger partial charge in [0.1, 0.15) is 0 Å². The van der Waals surface area contributed by atoms with Crippen molar-refractivity contribution in [1.82, 2.24) is 19.2 Å². The summed E-state index contributed by atoms with van der Waals surface area (Å²) >= 11 is 6.44. The van der Waals surface area contributed by atoms with Gasteiger partial charge in [-0.2, -0.15) is 0 Å². The highest BCUT2D eigenvalue weighted by Gasteiger charge is 2.14. The molecule has 0 saturated heterocycles. The van der Waals surface area contributed by atoms with Crippen LogP contribution in [-0.4, -0.2) is 19.2 Å². The third kappa shape index (κ3) is 2.17. The summed E-state index contributed by atoms with van der Waals surface area (Å²) in [5, 5.41) is 0.639. The number of fused-ring (bicyclic) bond motifs is 1. The monoisotopic (exact) mass is 323 g/mol. The number of imidazole rings is 1. The Morgan fingerprint density at radius 1 is 1.17 bits per heavy atom. The van der Waals surface area contributed by atoms with Crippen LogP contribution < -0.4 is 5.73 Å². The van der Waals surface area contributed by atoms with Crippen molar-refractivity contribution in [3.8, 4) is 16.9 Å². The molecule has 4 rings (SSSR count). The zero-order chi connectivity index (χ0) is 16.0. The first-order valence-electron chi connectivity index (χ1n) is 7.16. The number of nitrogens with two attached hydrogens (primary N) is 1. The van der Waals surface area contributed by atoms with Crippen molar-refractivity contribution < 1.29 is 0 Å². The lowest BCUT2D eigenvalue weighted by molar-refractivity contribution is 0.810. The van der Waals surface area contributed by atoms with Gasteiger partial charge in [-0.3, -0.25) is 9.67 Å². The molecule has 2 N–H and O–H groups in total. The fourth-order valence-electron chi connectivity index (χ4n) is 2.66. The van der Waals surface area contributed by atoms with Crippen LogP contribution in [0, 0.1) is 6.92 Å². The number of nitrogen functional groups attached to an aromatic ring is 1. The highest BCUT2D eigenvalue weighted by atomic mass is 35.5. The molecule has 0 radical (unpaired) electrons. The van der Waals surface area contributed by atoms with Crippen molar-refractivity contribution in [1.29, 1.82) is 0 Å². The minimum Gasteiger partial charge on any atom is -0.398 e. The predicted molar refractivity (Wildman–Crippen MR) is 91.9 cm³/mol. The first-order chi connectivity index (χ1) is 11.1. The molecule has 0 spiro atoms. The Morgan fingerprint density at radius 2 is 2.04 bits per heavy atom. The average Bonchev–Trinajstić information content (AvgIpc) is 3.14. The number of nitrogens with zero attached hydrogens (tertiary/aromatic N) is 4. The third-order valence-corrected chi connectivity index (χ3v) is 4.19. The molecule has 0 unspecified atom stereocenters. The topological polar surface area (TPSA) is 61.1 Å². The normalized spacial score (nSPS) is 11.2. The van der Waals surface area contributed by atoms with Gasteiger partial charge in [0.15, 0.2) is 5.65 Å². The molecule has 0 aliphatic rings. The largest absolute Gasteiger partial charge is 0.398 e. The lowest BCUT2D eigenvalue weighted by Crippen LogP contribution is -2.05. The number of benzene rings is 1. The first-order valence-corrected chi connectivity index (χ1v) is 7.54. The number of anilines is 1. The molecule has 0 bridgehead atoms. The van der Waals surface area contributed by atoms with E-state index in [2.05, 4.69) is 9.97 Å². The van der Waals surface area contributed by atoms with E-state index in [1.54, 1.807) is 6.20 Å². The maximum atomic E-state index is 6.44. The predicted octanol–water partition coefficient (Wildman–Crippen LogP) is 3.73. The number of pyridine rings is 1. The standard InChI is InChI=1S/C17H14ClN5/c1-11-7-13(18)15(8-14(11)19)22-6-4-17-21-10-16(23(17)22)12-3-2-5-20-9-12/h2-10H,19H2,1H3. The molecule has 0 atom stereocenters. The Labute approximate surface area is 137 Å². The van der Waals surface area contributed by atoms with E-state index < -0.39 is 0 Å². The summed E-state index contributed by atoms with van der Waals surface area (Å²) in [7, 11) is 0. The summed E-state index contributed by atoms with van der Waals surface area (Å²) in [5.74, 6) is 0. The molecule has 1 aromatic carbocycles. The van der Waals surface area contributed by atoms with E-state index in [-0.39, 0.29) is 0 Å². The number of aromatic nitrogens is 4. The molecule has 5 nitrogen and oxygen atoms in total. The summed E-state index contributed by atoms with van der Waals surface area (Å²) < 4.78 is 3.94. The van der Waals surface area contributed by atoms with E-state index in [1.165, 1.54) is 0 Å². The van der Waals surface area contributed by atoms with E-state index in [0.29, 0.717) is 10.7 Å². The van der Waals surface area contributed by atoms with Gasteiger partial charge in [0.2, 0.25) is 0 Å². The van der Waals surface area contributed by atoms with Gasteiger partial charge in [-0.15, -0.1) is 0 Å². The Bertz CT molecular complexity index is 1000. The molecule has 0 amide bonds. The summed E-state index contributed by atoms with van der Waals surface area (Å²) in [4.78, 5) is 8.63. The zero-order valence-corrected chi connectivity index (χ0v) is 13.2. The van der Waals surface area contributed by atoms with Crippen LogP contribution in [0.4, 0.5) is 5.69 Å². The highest BCUT2D eigenvalue weighted by Crippen LogP contribution is 2.29. The van der Waals surface area contributed by atoms with Crippen molar-refractivity contribution in [2.75, 3.05) is 5.73 Å². The van der Waals surface area contributed by atoms with Gasteiger partial charge in [-0.25, -0.2) is 9.50 Å². The highest BCUT2D eigenvalue weighted by molar-refractivity contribution is 6.32. The van der Waals surface area contributed by atoms with Gasteiger partial charge in [-0.1, -0.05) is 11.6 Å². The Kier molecular flexibility index (Phi) is 3.09. The Hall–Kier alpha value is -2.79. The Balaban J connectivity index is 1.99. The minimum atomic E-state index is 0.639. The number of rotatable bonds is 2. The van der Waals surface area contributed by atoms with Gasteiger partial charge < -0.3 is 5.73 Å². The molecule has 6 heteroatoms. The molecule has 3 aromatic heterocycles. The van der Waals surface area contributed by atoms with Crippen LogP contribution in [0.5, 0.6) is 0 Å². The van der Waals surface area contributed by atoms with E-state index in [9.17, 15) is 0 Å². The molecule has 0 saturated carbocycles. The molecule has 0 aliphatic heterocycles. The fraction of sp³-hybridized carbons (Fsp3) is 0.0588. The van der Waals surface area contributed by atoms with Crippen LogP contribution in [0.3, 0.4) is 0 Å². The first kappa shape index (κ1) is 13.8. The van der Waals surface area contributed by atoms with Crippen molar-refractivity contribution in [2.24, 2.45) is 0 Å². The molecule has 3 heterocycles. The number of halogens is 1. The van der Waals surface area contributed by atoms with Crippen molar-refractivity contribution in [3.63, 3.8) is 0 Å². The van der Waals surface area contributed by atoms with Crippen LogP contribution in [0.2, 0.25) is 5.02 Å². The molecule has 0 aliphatic carbocycles. The fourth-order valence-corrected chi connectivity index (χ4v) is 2.96. The van der Waals surface area contributed by atoms with Crippen LogP contribution in [0.15, 0.2) is 55.1 Å². The quantitative estimate of drug-likeness (QED) is 0.572. The van der Waals surface area contributed by atoms with Gasteiger partial charge >= 0.3 is 0 Å². The minimum absolute atomic E-state index is 0.639. The van der Waals surface area contributed by atoms with Gasteiger partial charge in [0, 0.05) is 35.9 Å². The Morgan fingerprint density at radius 3 is 2.83 bits per heavy atom. The smallest absolute Gasteiger partial charge is 0.154 e. The van der Waals surface area contributed by atoms with Crippen molar-refractivity contribution in [2.45, 2.75) is 6.92 Å². The molecule has 23 heavy (non-hydrogen) atoms. The van der Waals surface area contributed by atoms with Crippen LogP contribution in [0.1, 0.15) is 5.56 Å². The maximum Gasteiger partial charge on any atom is 0.154 e. The molecular formula is C17H14ClN5. The van der Waals surface area contributed by atoms with Gasteiger partial charge in [-0.05, 0) is 36.8 Å². The lowest BCUT2D eigenvalue weighted by Gasteiger charge is -2.12. The zero-order valence-electron chi connectivity index (χ0n) is 12.4. The molecular weight excluding hydrogens is 310 g/mol. The summed E-state index contributed by atoms with van der Waals surface area (Å²) in [6.45, 7) is 1.94. The summed E-state index contributed by atoms with van der Waals surface area (Å²) in [5.41, 5.74) is 11.3. The second-order valence-corrected chi connectivity index (χ2v) is 5.78. The van der Waals surface area contributed by atoms with Gasteiger partial charge in [0.05, 0.1) is 22.6 Å². The van der Waals surface area contributed by atoms with Crippen molar-refractivity contribution >= 4 is 22.9 Å². The SMILES string of the molecule is Cc1cc(Cl)c(-n2ccc3ncc(-c4cccnc4)n32)cc1N. The molecule has 114 valence electrons. The summed E-state index contributed by atoms with van der Waals surface area (Å²) in [6.07, 6.45) is 7.32. The van der Waals surface area contributed by atoms with E-state index in [0.717, 1.165) is 28.2 Å². The van der Waals surface area contributed by atoms with E-state index >= 15 is 0 Å². The number of hydrogen-bond donors (Lipinski definition) is 1. The maximum absolute atomic E-state index is 6.44. The number of hydrogen-bond acceptors (Lipinski definition) is 3. The van der Waals surface area contributed by atoms with E-state index in [4.69, 9.17) is 17.3 Å². The van der Waals surface area contributed by atoms with Crippen LogP contribution in [0.25, 0.3) is 22.6 Å². The second-order valence-electron chi connectivity index (χ2n) is 5.38. The van der Waals surface area contributed by atoms with E-state index in [1.807, 2.05) is 65.0 Å². The molecule has 4 aromatic rings. The van der Waals surface area contributed by atoms with Crippen LogP contribution in [-0.2, 0) is 0 Å². The molecule has 0 fully saturated rings. The lowest BCUT2D eigenvalue weighted by atomic mass is 10.2. The average molecular weight is 324 g/mol.